The number of halogens is 1. The van der Waals surface area contributed by atoms with Crippen LogP contribution in [0.1, 0.15) is 30.1 Å². The molecule has 1 aromatic rings. The fourth-order valence-corrected chi connectivity index (χ4v) is 2.31. The number of ether oxygens (including phenoxy) is 1. The van der Waals surface area contributed by atoms with Gasteiger partial charge in [-0.2, -0.15) is 0 Å². The smallest absolute Gasteiger partial charge is 0.251 e. The summed E-state index contributed by atoms with van der Waals surface area (Å²) in [6.07, 6.45) is 2.57. The first-order valence-electron chi connectivity index (χ1n) is 7.03. The molecular formula is C15H22ClN2O2-. The average molecular weight is 298 g/mol. The number of nitrogens with zero attached hydrogens (tertiary/aromatic N) is 1. The summed E-state index contributed by atoms with van der Waals surface area (Å²) in [6, 6.07) is 7.27. The minimum absolute atomic E-state index is 0. The van der Waals surface area contributed by atoms with E-state index in [4.69, 9.17) is 4.74 Å². The predicted molar refractivity (Wildman–Crippen MR) is 75.6 cm³/mol. The van der Waals surface area contributed by atoms with Crippen LogP contribution in [0.4, 0.5) is 0 Å². The van der Waals surface area contributed by atoms with Gasteiger partial charge in [0.1, 0.15) is 5.75 Å². The van der Waals surface area contributed by atoms with Gasteiger partial charge in [0.25, 0.3) is 5.91 Å². The number of carbonyl (C=O) groups excluding carboxylic acids is 1. The minimum Gasteiger partial charge on any atom is -1.00 e. The van der Waals surface area contributed by atoms with Gasteiger partial charge in [0, 0.05) is 18.7 Å². The number of hydrogen-bond donors (Lipinski definition) is 1. The van der Waals surface area contributed by atoms with Crippen molar-refractivity contribution < 1.29 is 21.9 Å². The molecule has 0 aromatic heterocycles. The van der Waals surface area contributed by atoms with Gasteiger partial charge in [-0.15, -0.1) is 0 Å². The topological polar surface area (TPSA) is 41.6 Å². The van der Waals surface area contributed by atoms with E-state index in [1.807, 2.05) is 19.1 Å². The number of benzene rings is 1. The minimum atomic E-state index is -0.0118. The van der Waals surface area contributed by atoms with E-state index in [-0.39, 0.29) is 18.3 Å². The fourth-order valence-electron chi connectivity index (χ4n) is 2.31. The summed E-state index contributed by atoms with van der Waals surface area (Å²) in [6.45, 7) is 6.58. The summed E-state index contributed by atoms with van der Waals surface area (Å²) >= 11 is 0. The number of rotatable bonds is 6. The van der Waals surface area contributed by atoms with Crippen molar-refractivity contribution in [3.05, 3.63) is 29.8 Å². The molecule has 20 heavy (non-hydrogen) atoms. The van der Waals surface area contributed by atoms with E-state index >= 15 is 0 Å². The van der Waals surface area contributed by atoms with Gasteiger partial charge in [-0.05, 0) is 57.1 Å². The van der Waals surface area contributed by atoms with Crippen molar-refractivity contribution in [2.75, 3.05) is 32.8 Å². The van der Waals surface area contributed by atoms with Crippen molar-refractivity contribution in [1.29, 1.82) is 0 Å². The van der Waals surface area contributed by atoms with Crippen molar-refractivity contribution in [2.24, 2.45) is 0 Å². The summed E-state index contributed by atoms with van der Waals surface area (Å²) in [5, 5.41) is 2.96. The molecule has 0 radical (unpaired) electrons. The van der Waals surface area contributed by atoms with Crippen LogP contribution in [0.2, 0.25) is 0 Å². The Hall–Kier alpha value is -1.26. The van der Waals surface area contributed by atoms with Gasteiger partial charge in [0.2, 0.25) is 0 Å². The lowest BCUT2D eigenvalue weighted by atomic mass is 10.2. The molecular weight excluding hydrogens is 276 g/mol. The zero-order valence-electron chi connectivity index (χ0n) is 11.9. The number of hydrogen-bond acceptors (Lipinski definition) is 3. The molecule has 1 saturated heterocycles. The second kappa shape index (κ2) is 8.82. The maximum atomic E-state index is 11.9. The van der Waals surface area contributed by atoms with Gasteiger partial charge in [-0.25, -0.2) is 0 Å². The van der Waals surface area contributed by atoms with Crippen LogP contribution in [-0.4, -0.2) is 43.6 Å². The van der Waals surface area contributed by atoms with Gasteiger partial charge in [0.15, 0.2) is 0 Å². The molecule has 0 aliphatic carbocycles. The highest BCUT2D eigenvalue weighted by atomic mass is 35.5. The van der Waals surface area contributed by atoms with E-state index in [9.17, 15) is 4.79 Å². The summed E-state index contributed by atoms with van der Waals surface area (Å²) in [7, 11) is 0. The van der Waals surface area contributed by atoms with Crippen molar-refractivity contribution in [3.63, 3.8) is 0 Å². The number of carbonyl (C=O) groups is 1. The van der Waals surface area contributed by atoms with Crippen LogP contribution in [0.5, 0.6) is 5.75 Å². The normalized spacial score (nSPS) is 14.7. The van der Waals surface area contributed by atoms with Crippen molar-refractivity contribution in [3.8, 4) is 5.75 Å². The van der Waals surface area contributed by atoms with Crippen molar-refractivity contribution in [1.82, 2.24) is 10.2 Å². The Kier molecular flexibility index (Phi) is 7.41. The van der Waals surface area contributed by atoms with E-state index in [0.29, 0.717) is 18.7 Å². The van der Waals surface area contributed by atoms with Gasteiger partial charge in [0.05, 0.1) is 6.61 Å². The first kappa shape index (κ1) is 16.8. The molecule has 1 N–H and O–H groups in total. The zero-order chi connectivity index (χ0) is 13.5. The molecule has 0 spiro atoms. The van der Waals surface area contributed by atoms with E-state index in [1.54, 1.807) is 12.1 Å². The first-order chi connectivity index (χ1) is 9.29. The second-order valence-corrected chi connectivity index (χ2v) is 4.76. The van der Waals surface area contributed by atoms with E-state index in [2.05, 4.69) is 10.2 Å². The van der Waals surface area contributed by atoms with Gasteiger partial charge < -0.3 is 27.4 Å². The first-order valence-corrected chi connectivity index (χ1v) is 7.03. The molecule has 1 amide bonds. The van der Waals surface area contributed by atoms with Crippen LogP contribution in [0.15, 0.2) is 24.3 Å². The lowest BCUT2D eigenvalue weighted by Gasteiger charge is -2.14. The Labute approximate surface area is 126 Å². The maximum absolute atomic E-state index is 11.9. The van der Waals surface area contributed by atoms with Crippen molar-refractivity contribution >= 4 is 5.91 Å². The molecule has 0 atom stereocenters. The van der Waals surface area contributed by atoms with Gasteiger partial charge in [-0.1, -0.05) is 0 Å². The molecule has 1 fully saturated rings. The summed E-state index contributed by atoms with van der Waals surface area (Å²) in [5.41, 5.74) is 0.685. The highest BCUT2D eigenvalue weighted by Crippen LogP contribution is 2.12. The van der Waals surface area contributed by atoms with Crippen LogP contribution >= 0.6 is 0 Å². The molecule has 0 saturated carbocycles. The van der Waals surface area contributed by atoms with Crippen LogP contribution in [0, 0.1) is 0 Å². The molecule has 0 bridgehead atoms. The van der Waals surface area contributed by atoms with Gasteiger partial charge >= 0.3 is 0 Å². The largest absolute Gasteiger partial charge is 1.00 e. The van der Waals surface area contributed by atoms with Crippen LogP contribution in [0.25, 0.3) is 0 Å². The highest BCUT2D eigenvalue weighted by molar-refractivity contribution is 5.94. The molecule has 0 unspecified atom stereocenters. The van der Waals surface area contributed by atoms with E-state index in [0.717, 1.165) is 12.3 Å². The number of nitrogens with one attached hydrogen (secondary N) is 1. The molecule has 2 rings (SSSR count). The van der Waals surface area contributed by atoms with E-state index < -0.39 is 0 Å². The van der Waals surface area contributed by atoms with Gasteiger partial charge in [-0.3, -0.25) is 4.79 Å². The SMILES string of the molecule is CCOc1ccc(C(=O)NCCN2CCCC2)cc1.[Cl-]. The van der Waals surface area contributed by atoms with Crippen LogP contribution in [0.3, 0.4) is 0 Å². The third-order valence-electron chi connectivity index (χ3n) is 3.34. The molecule has 1 aliphatic rings. The number of amides is 1. The Morgan fingerprint density at radius 1 is 1.25 bits per heavy atom. The molecule has 1 heterocycles. The van der Waals surface area contributed by atoms with E-state index in [1.165, 1.54) is 25.9 Å². The fraction of sp³-hybridized carbons (Fsp3) is 0.533. The molecule has 5 heteroatoms. The predicted octanol–water partition coefficient (Wildman–Crippen LogP) is -1.09. The molecule has 1 aliphatic heterocycles. The standard InChI is InChI=1S/C15H22N2O2.ClH/c1-2-19-14-7-5-13(6-8-14)15(18)16-9-12-17-10-3-4-11-17;/h5-8H,2-4,9-12H2,1H3,(H,16,18);1H/p-1. The monoisotopic (exact) mass is 297 g/mol. The molecule has 112 valence electrons. The zero-order valence-corrected chi connectivity index (χ0v) is 12.7. The summed E-state index contributed by atoms with van der Waals surface area (Å²) < 4.78 is 5.35. The Bertz CT molecular complexity index is 403. The maximum Gasteiger partial charge on any atom is 0.251 e. The second-order valence-electron chi connectivity index (χ2n) is 4.76. The number of likely N-dealkylation sites (tertiary alicyclic amines) is 1. The summed E-state index contributed by atoms with van der Waals surface area (Å²) in [5.74, 6) is 0.790. The third kappa shape index (κ3) is 5.02. The third-order valence-corrected chi connectivity index (χ3v) is 3.34. The lowest BCUT2D eigenvalue weighted by Crippen LogP contribution is -3.00. The Balaban J connectivity index is 0.00000200. The summed E-state index contributed by atoms with van der Waals surface area (Å²) in [4.78, 5) is 14.3. The molecule has 1 aromatic carbocycles. The Morgan fingerprint density at radius 3 is 2.50 bits per heavy atom. The quantitative estimate of drug-likeness (QED) is 0.726. The Morgan fingerprint density at radius 2 is 1.90 bits per heavy atom. The van der Waals surface area contributed by atoms with Crippen LogP contribution < -0.4 is 22.5 Å². The van der Waals surface area contributed by atoms with Crippen molar-refractivity contribution in [2.45, 2.75) is 19.8 Å². The molecule has 4 nitrogen and oxygen atoms in total. The average Bonchev–Trinajstić information content (AvgIpc) is 2.93. The van der Waals surface area contributed by atoms with Crippen LogP contribution in [-0.2, 0) is 0 Å². The highest BCUT2D eigenvalue weighted by Gasteiger charge is 2.11. The lowest BCUT2D eigenvalue weighted by molar-refractivity contribution is -0.0000129.